The van der Waals surface area contributed by atoms with Crippen LogP contribution in [0.2, 0.25) is 0 Å². The SMILES string of the molecule is CCCC(=O)OCc1ccc2ccc(COC(=O)CCC)cc2c1. The first kappa shape index (κ1) is 18.0. The van der Waals surface area contributed by atoms with E-state index >= 15 is 0 Å². The van der Waals surface area contributed by atoms with Gasteiger partial charge >= 0.3 is 11.9 Å². The molecule has 4 nitrogen and oxygen atoms in total. The Kier molecular flexibility index (Phi) is 6.79. The lowest BCUT2D eigenvalue weighted by atomic mass is 10.0. The second-order valence-corrected chi connectivity index (χ2v) is 5.84. The van der Waals surface area contributed by atoms with Gasteiger partial charge in [-0.15, -0.1) is 0 Å². The minimum Gasteiger partial charge on any atom is -0.461 e. The van der Waals surface area contributed by atoms with Crippen LogP contribution in [0.3, 0.4) is 0 Å². The lowest BCUT2D eigenvalue weighted by molar-refractivity contribution is -0.145. The Hall–Kier alpha value is -2.36. The number of esters is 2. The van der Waals surface area contributed by atoms with Gasteiger partial charge < -0.3 is 9.47 Å². The Morgan fingerprint density at radius 1 is 0.750 bits per heavy atom. The zero-order valence-electron chi connectivity index (χ0n) is 14.3. The molecule has 2 aromatic carbocycles. The van der Waals surface area contributed by atoms with Crippen LogP contribution in [0.1, 0.15) is 50.7 Å². The van der Waals surface area contributed by atoms with Crippen molar-refractivity contribution in [2.24, 2.45) is 0 Å². The van der Waals surface area contributed by atoms with Crippen molar-refractivity contribution in [1.29, 1.82) is 0 Å². The molecule has 24 heavy (non-hydrogen) atoms. The first-order valence-electron chi connectivity index (χ1n) is 8.45. The van der Waals surface area contributed by atoms with E-state index in [2.05, 4.69) is 0 Å². The number of carbonyl (C=O) groups excluding carboxylic acids is 2. The van der Waals surface area contributed by atoms with Gasteiger partial charge in [0.15, 0.2) is 0 Å². The summed E-state index contributed by atoms with van der Waals surface area (Å²) in [5, 5.41) is 2.14. The van der Waals surface area contributed by atoms with Gasteiger partial charge in [-0.3, -0.25) is 9.59 Å². The van der Waals surface area contributed by atoms with Crippen LogP contribution >= 0.6 is 0 Å². The predicted octanol–water partition coefficient (Wildman–Crippen LogP) is 4.53. The summed E-state index contributed by atoms with van der Waals surface area (Å²) in [5.41, 5.74) is 1.90. The molecule has 2 aromatic rings. The topological polar surface area (TPSA) is 52.6 Å². The summed E-state index contributed by atoms with van der Waals surface area (Å²) >= 11 is 0. The smallest absolute Gasteiger partial charge is 0.306 e. The van der Waals surface area contributed by atoms with E-state index in [-0.39, 0.29) is 25.2 Å². The third kappa shape index (κ3) is 5.37. The second kappa shape index (κ2) is 9.06. The monoisotopic (exact) mass is 328 g/mol. The van der Waals surface area contributed by atoms with E-state index in [0.717, 1.165) is 34.7 Å². The fourth-order valence-electron chi connectivity index (χ4n) is 2.41. The van der Waals surface area contributed by atoms with E-state index in [0.29, 0.717) is 12.8 Å². The van der Waals surface area contributed by atoms with Crippen LogP contribution in [-0.4, -0.2) is 11.9 Å². The van der Waals surface area contributed by atoms with Gasteiger partial charge in [0.2, 0.25) is 0 Å². The lowest BCUT2D eigenvalue weighted by Gasteiger charge is -2.08. The summed E-state index contributed by atoms with van der Waals surface area (Å²) in [6, 6.07) is 11.9. The fourth-order valence-corrected chi connectivity index (χ4v) is 2.41. The maximum absolute atomic E-state index is 11.5. The van der Waals surface area contributed by atoms with Crippen molar-refractivity contribution in [1.82, 2.24) is 0 Å². The van der Waals surface area contributed by atoms with Gasteiger partial charge in [0.25, 0.3) is 0 Å². The van der Waals surface area contributed by atoms with Gasteiger partial charge in [0, 0.05) is 12.8 Å². The molecule has 4 heteroatoms. The maximum atomic E-state index is 11.5. The molecule has 0 heterocycles. The molecular weight excluding hydrogens is 304 g/mol. The average Bonchev–Trinajstić information content (AvgIpc) is 2.58. The highest BCUT2D eigenvalue weighted by atomic mass is 16.5. The molecule has 0 radical (unpaired) electrons. The number of hydrogen-bond acceptors (Lipinski definition) is 4. The third-order valence-electron chi connectivity index (χ3n) is 3.68. The highest BCUT2D eigenvalue weighted by Crippen LogP contribution is 2.19. The second-order valence-electron chi connectivity index (χ2n) is 5.84. The summed E-state index contributed by atoms with van der Waals surface area (Å²) < 4.78 is 10.5. The molecule has 0 aliphatic carbocycles. The highest BCUT2D eigenvalue weighted by molar-refractivity contribution is 5.84. The van der Waals surface area contributed by atoms with Crippen LogP contribution in [0, 0.1) is 0 Å². The number of hydrogen-bond donors (Lipinski definition) is 0. The van der Waals surface area contributed by atoms with E-state index in [1.165, 1.54) is 0 Å². The fraction of sp³-hybridized carbons (Fsp3) is 0.400. The van der Waals surface area contributed by atoms with E-state index in [4.69, 9.17) is 9.47 Å². The Bertz CT molecular complexity index is 649. The van der Waals surface area contributed by atoms with Crippen LogP contribution < -0.4 is 0 Å². The first-order valence-corrected chi connectivity index (χ1v) is 8.45. The number of benzene rings is 2. The Labute approximate surface area is 142 Å². The Morgan fingerprint density at radius 3 is 1.62 bits per heavy atom. The summed E-state index contributed by atoms with van der Waals surface area (Å²) in [6.07, 6.45) is 2.47. The van der Waals surface area contributed by atoms with Crippen molar-refractivity contribution < 1.29 is 19.1 Å². The molecule has 0 bridgehead atoms. The lowest BCUT2D eigenvalue weighted by Crippen LogP contribution is -2.04. The zero-order chi connectivity index (χ0) is 17.4. The Morgan fingerprint density at radius 2 is 1.21 bits per heavy atom. The van der Waals surface area contributed by atoms with E-state index in [9.17, 15) is 9.59 Å². The predicted molar refractivity (Wildman–Crippen MR) is 93.4 cm³/mol. The van der Waals surface area contributed by atoms with Gasteiger partial charge in [0.1, 0.15) is 13.2 Å². The summed E-state index contributed by atoms with van der Waals surface area (Å²) in [6.45, 7) is 4.47. The standard InChI is InChI=1S/C20H24O4/c1-3-5-19(21)23-13-15-7-9-17-10-8-16(12-18(17)11-15)14-24-20(22)6-4-2/h7-12H,3-6,13-14H2,1-2H3. The summed E-state index contributed by atoms with van der Waals surface area (Å²) in [7, 11) is 0. The Balaban J connectivity index is 2.04. The molecule has 128 valence electrons. The van der Waals surface area contributed by atoms with Crippen molar-refractivity contribution >= 4 is 22.7 Å². The third-order valence-corrected chi connectivity index (χ3v) is 3.68. The van der Waals surface area contributed by atoms with Crippen molar-refractivity contribution in [3.05, 3.63) is 47.5 Å². The molecule has 2 rings (SSSR count). The zero-order valence-corrected chi connectivity index (χ0v) is 14.3. The molecule has 0 aliphatic heterocycles. The van der Waals surface area contributed by atoms with Crippen LogP contribution in [0.25, 0.3) is 10.8 Å². The number of ether oxygens (including phenoxy) is 2. The maximum Gasteiger partial charge on any atom is 0.306 e. The van der Waals surface area contributed by atoms with Crippen LogP contribution in [0.5, 0.6) is 0 Å². The summed E-state index contributed by atoms with van der Waals surface area (Å²) in [5.74, 6) is -0.344. The number of rotatable bonds is 8. The van der Waals surface area contributed by atoms with E-state index in [1.54, 1.807) is 0 Å². The molecule has 0 saturated carbocycles. The van der Waals surface area contributed by atoms with Crippen LogP contribution in [0.4, 0.5) is 0 Å². The van der Waals surface area contributed by atoms with Crippen LogP contribution in [-0.2, 0) is 32.3 Å². The summed E-state index contributed by atoms with van der Waals surface area (Å²) in [4.78, 5) is 22.9. The van der Waals surface area contributed by atoms with Gasteiger partial charge in [0.05, 0.1) is 0 Å². The minimum atomic E-state index is -0.172. The van der Waals surface area contributed by atoms with Crippen molar-refractivity contribution in [2.75, 3.05) is 0 Å². The number of carbonyl (C=O) groups is 2. The molecule has 0 amide bonds. The van der Waals surface area contributed by atoms with Gasteiger partial charge in [-0.2, -0.15) is 0 Å². The molecule has 0 aromatic heterocycles. The van der Waals surface area contributed by atoms with E-state index < -0.39 is 0 Å². The molecule has 0 unspecified atom stereocenters. The van der Waals surface area contributed by atoms with Gasteiger partial charge in [-0.25, -0.2) is 0 Å². The highest BCUT2D eigenvalue weighted by Gasteiger charge is 2.05. The van der Waals surface area contributed by atoms with Crippen LogP contribution in [0.15, 0.2) is 36.4 Å². The minimum absolute atomic E-state index is 0.172. The van der Waals surface area contributed by atoms with Crippen molar-refractivity contribution in [3.63, 3.8) is 0 Å². The quantitative estimate of drug-likeness (QED) is 0.668. The molecule has 0 saturated heterocycles. The average molecular weight is 328 g/mol. The molecule has 0 atom stereocenters. The van der Waals surface area contributed by atoms with Gasteiger partial charge in [-0.05, 0) is 46.9 Å². The molecule has 0 aliphatic rings. The van der Waals surface area contributed by atoms with Crippen molar-refractivity contribution in [2.45, 2.75) is 52.7 Å². The largest absolute Gasteiger partial charge is 0.461 e. The van der Waals surface area contributed by atoms with E-state index in [1.807, 2.05) is 50.2 Å². The number of fused-ring (bicyclic) bond motifs is 1. The first-order chi connectivity index (χ1) is 11.6. The molecule has 0 spiro atoms. The molecular formula is C20H24O4. The van der Waals surface area contributed by atoms with Gasteiger partial charge in [-0.1, -0.05) is 38.1 Å². The van der Waals surface area contributed by atoms with Crippen molar-refractivity contribution in [3.8, 4) is 0 Å². The normalized spacial score (nSPS) is 10.6. The molecule has 0 fully saturated rings. The molecule has 0 N–H and O–H groups in total.